The molecule has 0 aromatic heterocycles. The number of nitrogens with two attached hydrogens (primary N) is 1. The van der Waals surface area contributed by atoms with E-state index in [2.05, 4.69) is 16.0 Å². The maximum atomic E-state index is 12.8. The predicted molar refractivity (Wildman–Crippen MR) is 200 cm³/mol. The van der Waals surface area contributed by atoms with Crippen LogP contribution in [0, 0.1) is 0 Å². The lowest BCUT2D eigenvalue weighted by Crippen LogP contribution is -2.69. The third-order valence-corrected chi connectivity index (χ3v) is 10.6. The number of aliphatic hydroxyl groups is 10. The van der Waals surface area contributed by atoms with Crippen molar-refractivity contribution in [2.45, 2.75) is 149 Å². The first-order valence-corrected chi connectivity index (χ1v) is 19.6. The van der Waals surface area contributed by atoms with Crippen LogP contribution in [0.4, 0.5) is 0 Å². The van der Waals surface area contributed by atoms with Gasteiger partial charge in [-0.15, -0.1) is 0 Å². The van der Waals surface area contributed by atoms with Crippen LogP contribution in [0.3, 0.4) is 0 Å². The summed E-state index contributed by atoms with van der Waals surface area (Å²) in [6.45, 7) is -1.45. The van der Waals surface area contributed by atoms with E-state index >= 15 is 0 Å². The molecule has 3 aliphatic rings. The third kappa shape index (κ3) is 12.5. The van der Waals surface area contributed by atoms with Gasteiger partial charge in [-0.1, -0.05) is 0 Å². The molecule has 3 amide bonds. The summed E-state index contributed by atoms with van der Waals surface area (Å²) in [7, 11) is 0. The molecule has 0 unspecified atom stereocenters. The Morgan fingerprint density at radius 2 is 0.844 bits per heavy atom. The van der Waals surface area contributed by atoms with E-state index in [-0.39, 0.29) is 6.54 Å². The summed E-state index contributed by atoms with van der Waals surface area (Å²) in [6.07, 6.45) is -28.7. The minimum atomic E-state index is -3.14. The molecule has 0 aromatic rings. The molecule has 0 saturated carbocycles. The smallest absolute Gasteiger partial charge is 0.364 e. The minimum absolute atomic E-state index is 0.231. The van der Waals surface area contributed by atoms with Crippen molar-refractivity contribution in [3.8, 4) is 0 Å². The van der Waals surface area contributed by atoms with Crippen LogP contribution in [-0.2, 0) is 57.2 Å². The van der Waals surface area contributed by atoms with Crippen LogP contribution in [0.15, 0.2) is 0 Å². The van der Waals surface area contributed by atoms with Gasteiger partial charge in [0.2, 0.25) is 17.7 Å². The van der Waals surface area contributed by atoms with Gasteiger partial charge in [-0.3, -0.25) is 14.4 Å². The Morgan fingerprint density at radius 3 is 1.09 bits per heavy atom. The second-order valence-electron chi connectivity index (χ2n) is 15.5. The van der Waals surface area contributed by atoms with Gasteiger partial charge in [-0.25, -0.2) is 14.4 Å². The van der Waals surface area contributed by atoms with Crippen molar-refractivity contribution in [3.05, 3.63) is 0 Å². The van der Waals surface area contributed by atoms with Gasteiger partial charge >= 0.3 is 17.9 Å². The average molecular weight is 935 g/mol. The summed E-state index contributed by atoms with van der Waals surface area (Å²) in [6, 6.07) is -5.02. The van der Waals surface area contributed by atoms with Crippen LogP contribution in [0.2, 0.25) is 0 Å². The summed E-state index contributed by atoms with van der Waals surface area (Å²) < 4.78 is 32.6. The molecule has 64 heavy (non-hydrogen) atoms. The van der Waals surface area contributed by atoms with Gasteiger partial charge < -0.3 is 116 Å². The number of nitrogens with one attached hydrogen (secondary N) is 3. The lowest BCUT2D eigenvalue weighted by Gasteiger charge is -2.48. The maximum absolute atomic E-state index is 12.8. The Hall–Kier alpha value is -3.86. The van der Waals surface area contributed by atoms with Crippen LogP contribution in [0.5, 0.6) is 0 Å². The number of hydrogen-bond acceptors (Lipinski definition) is 23. The molecule has 0 spiro atoms. The number of aliphatic carboxylic acids is 3. The van der Waals surface area contributed by atoms with Gasteiger partial charge in [0.25, 0.3) is 17.4 Å². The lowest BCUT2D eigenvalue weighted by atomic mass is 9.87. The minimum Gasteiger partial charge on any atom is -0.477 e. The van der Waals surface area contributed by atoms with Crippen molar-refractivity contribution in [3.63, 3.8) is 0 Å². The lowest BCUT2D eigenvalue weighted by molar-refractivity contribution is -0.330. The molecular weight excluding hydrogens is 876 g/mol. The zero-order chi connectivity index (χ0) is 48.6. The molecule has 3 fully saturated rings. The van der Waals surface area contributed by atoms with Crippen molar-refractivity contribution in [2.75, 3.05) is 33.0 Å². The third-order valence-electron chi connectivity index (χ3n) is 10.6. The first kappa shape index (κ1) is 54.5. The van der Waals surface area contributed by atoms with Gasteiger partial charge in [0, 0.05) is 46.6 Å². The SMILES string of the molecule is CC(=O)N[C@H]1[C@H]([C@H](O)[C@H](O)CO)O[C@@](OC[C@@H](O)[C@@H](O)[C@@H]2O[C@@](OC[C@@H](O)[C@@H](O)[C@@H]3O[C@@](OCCN)(C(=O)O)C[C@H](O)[C@H]3NC(C)=O)(C(=O)O)C[C@H](O)[C@H]2NC(C)=O)(C(=O)O)C[C@@H]1O. The molecule has 3 heterocycles. The standard InChI is InChI=1S/C35H58N4O25/c1-12(41)37-21-16(45)7-34(31(55)56,63-27(21)24(50)18(47)9-40)60-11-20(49)26(52)29-23(39-14(3)43)17(46)8-35(64-29,32(57)58)61-10-19(48)25(51)28-22(38-13(2)42)15(44)6-33(62-28,30(53)54)59-5-4-36/h15-29,40,44-52H,4-11,36H2,1-3H3,(H,37,41)(H,38,42)(H,39,43)(H,53,54)(H,55,56)(H,57,58)/t15-,16-,17-,18+,19+,20+,21+,22+,23+,24+,25+,26+,27+,28+,29+,33+,34+,35+/m0/s1. The monoisotopic (exact) mass is 934 g/mol. The molecule has 0 bridgehead atoms. The highest BCUT2D eigenvalue weighted by Crippen LogP contribution is 2.38. The quantitative estimate of drug-likeness (QED) is 0.0479. The van der Waals surface area contributed by atoms with Gasteiger partial charge in [0.15, 0.2) is 0 Å². The van der Waals surface area contributed by atoms with Crippen molar-refractivity contribution in [2.24, 2.45) is 5.73 Å². The molecule has 0 aliphatic carbocycles. The summed E-state index contributed by atoms with van der Waals surface area (Å²) in [5.74, 6) is -17.3. The molecular formula is C35H58N4O25. The number of carbonyl (C=O) groups is 6. The second kappa shape index (κ2) is 22.6. The summed E-state index contributed by atoms with van der Waals surface area (Å²) in [5, 5.41) is 145. The molecule has 0 radical (unpaired) electrons. The normalized spacial score (nSPS) is 36.0. The fourth-order valence-electron chi connectivity index (χ4n) is 7.48. The van der Waals surface area contributed by atoms with E-state index in [1.807, 2.05) is 0 Å². The van der Waals surface area contributed by atoms with Gasteiger partial charge in [-0.2, -0.15) is 0 Å². The fourth-order valence-corrected chi connectivity index (χ4v) is 7.48. The number of carbonyl (C=O) groups excluding carboxylic acids is 3. The van der Waals surface area contributed by atoms with E-state index in [0.717, 1.165) is 20.8 Å². The summed E-state index contributed by atoms with van der Waals surface area (Å²) >= 11 is 0. The van der Waals surface area contributed by atoms with E-state index in [1.54, 1.807) is 0 Å². The Morgan fingerprint density at radius 1 is 0.562 bits per heavy atom. The Kier molecular flexibility index (Phi) is 19.2. The first-order valence-electron chi connectivity index (χ1n) is 19.6. The molecule has 18 N–H and O–H groups in total. The van der Waals surface area contributed by atoms with E-state index in [0.29, 0.717) is 0 Å². The molecule has 3 rings (SSSR count). The van der Waals surface area contributed by atoms with E-state index in [9.17, 15) is 95.2 Å². The van der Waals surface area contributed by atoms with Crippen molar-refractivity contribution >= 4 is 35.6 Å². The number of carboxylic acids is 3. The molecule has 3 aliphatic heterocycles. The Bertz CT molecular complexity index is 1650. The van der Waals surface area contributed by atoms with Crippen LogP contribution < -0.4 is 21.7 Å². The second-order valence-corrected chi connectivity index (χ2v) is 15.5. The highest BCUT2D eigenvalue weighted by atomic mass is 16.7. The van der Waals surface area contributed by atoms with Crippen LogP contribution in [-0.4, -0.2) is 244 Å². The zero-order valence-corrected chi connectivity index (χ0v) is 34.6. The molecule has 29 heteroatoms. The average Bonchev–Trinajstić information content (AvgIpc) is 3.21. The van der Waals surface area contributed by atoms with Crippen LogP contribution in [0.25, 0.3) is 0 Å². The summed E-state index contributed by atoms with van der Waals surface area (Å²) in [5.41, 5.74) is 5.42. The number of amides is 3. The number of carboxylic acid groups (broad SMARTS) is 3. The Labute approximate surface area is 362 Å². The summed E-state index contributed by atoms with van der Waals surface area (Å²) in [4.78, 5) is 73.7. The molecule has 29 nitrogen and oxygen atoms in total. The molecule has 368 valence electrons. The number of rotatable bonds is 22. The fraction of sp³-hybridized carbons (Fsp3) is 0.829. The number of ether oxygens (including phenoxy) is 6. The maximum Gasteiger partial charge on any atom is 0.364 e. The zero-order valence-electron chi connectivity index (χ0n) is 34.6. The molecule has 0 aromatic carbocycles. The van der Waals surface area contributed by atoms with Crippen molar-refractivity contribution in [1.29, 1.82) is 0 Å². The van der Waals surface area contributed by atoms with E-state index in [1.165, 1.54) is 0 Å². The van der Waals surface area contributed by atoms with Gasteiger partial charge in [0.05, 0.1) is 62.9 Å². The highest BCUT2D eigenvalue weighted by Gasteiger charge is 2.60. The molecule has 3 saturated heterocycles. The molecule has 18 atom stereocenters. The number of hydrogen-bond donors (Lipinski definition) is 17. The van der Waals surface area contributed by atoms with Crippen molar-refractivity contribution in [1.82, 2.24) is 16.0 Å². The largest absolute Gasteiger partial charge is 0.477 e. The van der Waals surface area contributed by atoms with Gasteiger partial charge in [-0.05, 0) is 0 Å². The predicted octanol–water partition coefficient (Wildman–Crippen LogP) is -9.54. The van der Waals surface area contributed by atoms with Gasteiger partial charge in [0.1, 0.15) is 54.9 Å². The first-order chi connectivity index (χ1) is 29.7. The van der Waals surface area contributed by atoms with E-state index < -0.39 is 190 Å². The topological polar surface area (TPSA) is 483 Å². The van der Waals surface area contributed by atoms with E-state index in [4.69, 9.17) is 34.2 Å². The van der Waals surface area contributed by atoms with Crippen molar-refractivity contribution < 1.29 is 124 Å². The van der Waals surface area contributed by atoms with Crippen LogP contribution >= 0.6 is 0 Å². The van der Waals surface area contributed by atoms with Crippen LogP contribution in [0.1, 0.15) is 40.0 Å². The number of aliphatic hydroxyl groups excluding tert-OH is 10. The Balaban J connectivity index is 1.92. The highest BCUT2D eigenvalue weighted by molar-refractivity contribution is 5.78.